The van der Waals surface area contributed by atoms with E-state index in [1.165, 1.54) is 32.1 Å². The highest BCUT2D eigenvalue weighted by atomic mass is 32.1. The van der Waals surface area contributed by atoms with Crippen molar-refractivity contribution in [2.45, 2.75) is 46.0 Å². The lowest BCUT2D eigenvalue weighted by Crippen LogP contribution is -1.77. The van der Waals surface area contributed by atoms with E-state index >= 15 is 0 Å². The molecule has 0 N–H and O–H groups in total. The van der Waals surface area contributed by atoms with Crippen molar-refractivity contribution in [2.75, 3.05) is 0 Å². The van der Waals surface area contributed by atoms with Gasteiger partial charge in [-0.05, 0) is 19.8 Å². The predicted molar refractivity (Wildman–Crippen MR) is 56.2 cm³/mol. The fourth-order valence-corrected chi connectivity index (χ4v) is 1.03. The highest BCUT2D eigenvalue weighted by Gasteiger charge is 1.84. The number of unbranched alkanes of at least 4 members (excludes halogenated alkanes) is 4. The first kappa shape index (κ1) is 10.8. The molecule has 0 aromatic heterocycles. The highest BCUT2D eigenvalue weighted by molar-refractivity contribution is 7.80. The fourth-order valence-electron chi connectivity index (χ4n) is 0.938. The standard InChI is InChI=1S/C10H18S/c1-3-4-5-6-7-8-9-10(2)11/h8-9H,3-7H2,1-2H3. The van der Waals surface area contributed by atoms with Crippen LogP contribution in [-0.4, -0.2) is 4.86 Å². The molecule has 0 spiro atoms. The average Bonchev–Trinajstić information content (AvgIpc) is 1.96. The second-order valence-electron chi connectivity index (χ2n) is 2.86. The van der Waals surface area contributed by atoms with Gasteiger partial charge in [0.05, 0.1) is 0 Å². The van der Waals surface area contributed by atoms with E-state index < -0.39 is 0 Å². The van der Waals surface area contributed by atoms with Gasteiger partial charge in [0.1, 0.15) is 0 Å². The normalized spacial score (nSPS) is 10.7. The van der Waals surface area contributed by atoms with E-state index in [2.05, 4.69) is 13.0 Å². The molecule has 0 aromatic rings. The molecule has 0 aliphatic heterocycles. The summed E-state index contributed by atoms with van der Waals surface area (Å²) in [7, 11) is 0. The molecule has 0 atom stereocenters. The Morgan fingerprint density at radius 3 is 2.55 bits per heavy atom. The molecule has 0 nitrogen and oxygen atoms in total. The summed E-state index contributed by atoms with van der Waals surface area (Å²) in [5.41, 5.74) is 0. The van der Waals surface area contributed by atoms with Gasteiger partial charge in [-0.2, -0.15) is 0 Å². The molecule has 1 heteroatoms. The van der Waals surface area contributed by atoms with Gasteiger partial charge in [0.2, 0.25) is 0 Å². The van der Waals surface area contributed by atoms with Gasteiger partial charge in [-0.25, -0.2) is 0 Å². The summed E-state index contributed by atoms with van der Waals surface area (Å²) < 4.78 is 0. The summed E-state index contributed by atoms with van der Waals surface area (Å²) in [5.74, 6) is 0. The Bertz CT molecular complexity index is 125. The van der Waals surface area contributed by atoms with Crippen LogP contribution in [0.4, 0.5) is 0 Å². The van der Waals surface area contributed by atoms with E-state index in [4.69, 9.17) is 12.2 Å². The van der Waals surface area contributed by atoms with Crippen LogP contribution in [0.1, 0.15) is 46.0 Å². The average molecular weight is 170 g/mol. The van der Waals surface area contributed by atoms with Crippen molar-refractivity contribution >= 4 is 17.1 Å². The van der Waals surface area contributed by atoms with Crippen molar-refractivity contribution in [2.24, 2.45) is 0 Å². The van der Waals surface area contributed by atoms with Gasteiger partial charge in [-0.15, -0.1) is 0 Å². The Balaban J connectivity index is 3.07. The molecule has 0 unspecified atom stereocenters. The third-order valence-electron chi connectivity index (χ3n) is 1.58. The second-order valence-corrected chi connectivity index (χ2v) is 3.51. The lowest BCUT2D eigenvalue weighted by atomic mass is 10.1. The van der Waals surface area contributed by atoms with Crippen LogP contribution in [0.15, 0.2) is 12.2 Å². The van der Waals surface area contributed by atoms with Crippen LogP contribution in [0.2, 0.25) is 0 Å². The third-order valence-corrected chi connectivity index (χ3v) is 1.71. The maximum atomic E-state index is 4.91. The SMILES string of the molecule is CCCCCCC=CC(C)=S. The lowest BCUT2D eigenvalue weighted by molar-refractivity contribution is 0.674. The first-order valence-corrected chi connectivity index (χ1v) is 4.85. The van der Waals surface area contributed by atoms with Crippen LogP contribution in [0.25, 0.3) is 0 Å². The summed E-state index contributed by atoms with van der Waals surface area (Å²) in [6.07, 6.45) is 10.7. The first-order valence-electron chi connectivity index (χ1n) is 4.44. The molecule has 11 heavy (non-hydrogen) atoms. The van der Waals surface area contributed by atoms with E-state index in [0.717, 1.165) is 4.86 Å². The van der Waals surface area contributed by atoms with Crippen molar-refractivity contribution in [1.82, 2.24) is 0 Å². The number of hydrogen-bond acceptors (Lipinski definition) is 1. The van der Waals surface area contributed by atoms with Crippen LogP contribution in [0.5, 0.6) is 0 Å². The second kappa shape index (κ2) is 7.93. The number of hydrogen-bond donors (Lipinski definition) is 0. The lowest BCUT2D eigenvalue weighted by Gasteiger charge is -1.93. The van der Waals surface area contributed by atoms with Gasteiger partial charge in [0.15, 0.2) is 0 Å². The van der Waals surface area contributed by atoms with Gasteiger partial charge in [-0.3, -0.25) is 0 Å². The first-order chi connectivity index (χ1) is 5.27. The number of thiocarbonyl (C=S) groups is 1. The molecule has 0 aromatic carbocycles. The van der Waals surface area contributed by atoms with Crippen molar-refractivity contribution in [3.05, 3.63) is 12.2 Å². The van der Waals surface area contributed by atoms with Crippen LogP contribution in [-0.2, 0) is 0 Å². The highest BCUT2D eigenvalue weighted by Crippen LogP contribution is 2.02. The molecule has 0 aliphatic rings. The molecular weight excluding hydrogens is 152 g/mol. The minimum absolute atomic E-state index is 0.987. The molecule has 64 valence electrons. The Morgan fingerprint density at radius 2 is 2.00 bits per heavy atom. The summed E-state index contributed by atoms with van der Waals surface area (Å²) in [6, 6.07) is 0. The van der Waals surface area contributed by atoms with Crippen LogP contribution >= 0.6 is 12.2 Å². The maximum Gasteiger partial charge on any atom is 0.0118 e. The molecule has 0 rings (SSSR count). The predicted octanol–water partition coefficient (Wildman–Crippen LogP) is 3.90. The topological polar surface area (TPSA) is 0 Å². The van der Waals surface area contributed by atoms with Gasteiger partial charge in [-0.1, -0.05) is 50.6 Å². The third kappa shape index (κ3) is 9.83. The largest absolute Gasteiger partial charge is 0.0852 e. The molecule has 0 fully saturated rings. The molecule has 0 bridgehead atoms. The van der Waals surface area contributed by atoms with E-state index in [0.29, 0.717) is 0 Å². The van der Waals surface area contributed by atoms with E-state index in [1.54, 1.807) is 0 Å². The quantitative estimate of drug-likeness (QED) is 0.331. The Kier molecular flexibility index (Phi) is 7.81. The Hall–Kier alpha value is -0.170. The Morgan fingerprint density at radius 1 is 1.27 bits per heavy atom. The number of rotatable bonds is 6. The van der Waals surface area contributed by atoms with Gasteiger partial charge >= 0.3 is 0 Å². The minimum atomic E-state index is 0.987. The van der Waals surface area contributed by atoms with E-state index in [9.17, 15) is 0 Å². The summed E-state index contributed by atoms with van der Waals surface area (Å²) >= 11 is 4.91. The van der Waals surface area contributed by atoms with Gasteiger partial charge < -0.3 is 0 Å². The van der Waals surface area contributed by atoms with E-state index in [1.807, 2.05) is 13.0 Å². The van der Waals surface area contributed by atoms with Crippen LogP contribution in [0.3, 0.4) is 0 Å². The zero-order valence-electron chi connectivity index (χ0n) is 7.60. The Labute approximate surface area is 75.7 Å². The molecule has 0 saturated heterocycles. The number of allylic oxidation sites excluding steroid dienone is 2. The minimum Gasteiger partial charge on any atom is -0.0852 e. The van der Waals surface area contributed by atoms with Crippen LogP contribution in [0, 0.1) is 0 Å². The molecule has 0 saturated carbocycles. The van der Waals surface area contributed by atoms with Gasteiger partial charge in [0.25, 0.3) is 0 Å². The summed E-state index contributed by atoms with van der Waals surface area (Å²) in [6.45, 7) is 4.19. The van der Waals surface area contributed by atoms with Crippen molar-refractivity contribution in [1.29, 1.82) is 0 Å². The summed E-state index contributed by atoms with van der Waals surface area (Å²) in [4.78, 5) is 0.987. The molecule has 0 heterocycles. The van der Waals surface area contributed by atoms with Crippen molar-refractivity contribution in [3.8, 4) is 0 Å². The van der Waals surface area contributed by atoms with Gasteiger partial charge in [0, 0.05) is 4.86 Å². The maximum absolute atomic E-state index is 4.91. The van der Waals surface area contributed by atoms with Crippen LogP contribution < -0.4 is 0 Å². The monoisotopic (exact) mass is 170 g/mol. The van der Waals surface area contributed by atoms with Crippen molar-refractivity contribution < 1.29 is 0 Å². The van der Waals surface area contributed by atoms with Crippen molar-refractivity contribution in [3.63, 3.8) is 0 Å². The molecule has 0 amide bonds. The zero-order valence-corrected chi connectivity index (χ0v) is 8.41. The molecule has 0 aliphatic carbocycles. The summed E-state index contributed by atoms with van der Waals surface area (Å²) in [5, 5.41) is 0. The molecular formula is C10H18S. The fraction of sp³-hybridized carbons (Fsp3) is 0.700. The molecule has 0 radical (unpaired) electrons. The zero-order chi connectivity index (χ0) is 8.53. The smallest absolute Gasteiger partial charge is 0.0118 e. The van der Waals surface area contributed by atoms with E-state index in [-0.39, 0.29) is 0 Å².